The van der Waals surface area contributed by atoms with Gasteiger partial charge in [0.25, 0.3) is 0 Å². The van der Waals surface area contributed by atoms with Gasteiger partial charge in [0.05, 0.1) is 11.0 Å². The van der Waals surface area contributed by atoms with Crippen LogP contribution in [0.1, 0.15) is 31.2 Å². The predicted octanol–water partition coefficient (Wildman–Crippen LogP) is 3.48. The Balaban J connectivity index is 1.77. The lowest BCUT2D eigenvalue weighted by Crippen LogP contribution is -2.27. The van der Waals surface area contributed by atoms with Crippen LogP contribution in [0.4, 0.5) is 0 Å². The number of imidazole rings is 1. The Labute approximate surface area is 136 Å². The Morgan fingerprint density at radius 2 is 1.78 bits per heavy atom. The van der Waals surface area contributed by atoms with E-state index in [0.717, 1.165) is 22.4 Å². The summed E-state index contributed by atoms with van der Waals surface area (Å²) >= 11 is 0. The smallest absolute Gasteiger partial charge is 0.240 e. The van der Waals surface area contributed by atoms with Crippen molar-refractivity contribution in [1.29, 1.82) is 0 Å². The second-order valence-corrected chi connectivity index (χ2v) is 5.96. The van der Waals surface area contributed by atoms with Gasteiger partial charge in [-0.2, -0.15) is 0 Å². The van der Waals surface area contributed by atoms with Crippen molar-refractivity contribution in [1.82, 2.24) is 14.9 Å². The van der Waals surface area contributed by atoms with Crippen LogP contribution in [0.3, 0.4) is 0 Å². The van der Waals surface area contributed by atoms with Crippen LogP contribution in [-0.2, 0) is 17.9 Å². The number of carbonyl (C=O) groups is 1. The Kier molecular flexibility index (Phi) is 4.42. The van der Waals surface area contributed by atoms with Crippen LogP contribution in [0.5, 0.6) is 0 Å². The second kappa shape index (κ2) is 6.65. The SMILES string of the molecule is CC(C)c1nc2ccccc2n1CC(=O)NCc1ccccc1. The molecule has 0 spiro atoms. The minimum atomic E-state index is -0.00101. The fourth-order valence-corrected chi connectivity index (χ4v) is 2.70. The van der Waals surface area contributed by atoms with Gasteiger partial charge in [-0.1, -0.05) is 56.3 Å². The minimum Gasteiger partial charge on any atom is -0.350 e. The molecule has 0 aliphatic carbocycles. The van der Waals surface area contributed by atoms with Gasteiger partial charge in [0.1, 0.15) is 12.4 Å². The van der Waals surface area contributed by atoms with Crippen molar-refractivity contribution in [3.8, 4) is 0 Å². The van der Waals surface area contributed by atoms with Crippen LogP contribution in [0, 0.1) is 0 Å². The van der Waals surface area contributed by atoms with Gasteiger partial charge in [0.15, 0.2) is 0 Å². The number of hydrogen-bond acceptors (Lipinski definition) is 2. The highest BCUT2D eigenvalue weighted by atomic mass is 16.1. The first-order valence-electron chi connectivity index (χ1n) is 7.91. The molecule has 0 bridgehead atoms. The number of aromatic nitrogens is 2. The lowest BCUT2D eigenvalue weighted by Gasteiger charge is -2.12. The topological polar surface area (TPSA) is 46.9 Å². The van der Waals surface area contributed by atoms with Crippen LogP contribution in [0.15, 0.2) is 54.6 Å². The quantitative estimate of drug-likeness (QED) is 0.784. The third-order valence-electron chi connectivity index (χ3n) is 3.83. The van der Waals surface area contributed by atoms with E-state index in [1.165, 1.54) is 0 Å². The molecule has 2 aromatic carbocycles. The molecule has 4 nitrogen and oxygen atoms in total. The van der Waals surface area contributed by atoms with E-state index in [-0.39, 0.29) is 11.8 Å². The minimum absolute atomic E-state index is 0.00101. The molecule has 1 heterocycles. The summed E-state index contributed by atoms with van der Waals surface area (Å²) in [4.78, 5) is 17.0. The number of nitrogens with zero attached hydrogens (tertiary/aromatic N) is 2. The third-order valence-corrected chi connectivity index (χ3v) is 3.83. The molecular formula is C19H21N3O. The first-order chi connectivity index (χ1) is 11.1. The summed E-state index contributed by atoms with van der Waals surface area (Å²) in [5.41, 5.74) is 3.04. The number of para-hydroxylation sites is 2. The van der Waals surface area contributed by atoms with Crippen molar-refractivity contribution in [2.45, 2.75) is 32.9 Å². The Bertz CT molecular complexity index is 806. The van der Waals surface area contributed by atoms with Gasteiger partial charge in [-0.3, -0.25) is 4.79 Å². The lowest BCUT2D eigenvalue weighted by molar-refractivity contribution is -0.121. The van der Waals surface area contributed by atoms with Crippen molar-refractivity contribution < 1.29 is 4.79 Å². The summed E-state index contributed by atoms with van der Waals surface area (Å²) in [6, 6.07) is 17.9. The van der Waals surface area contributed by atoms with Crippen LogP contribution < -0.4 is 5.32 Å². The van der Waals surface area contributed by atoms with Gasteiger partial charge in [-0.05, 0) is 17.7 Å². The molecule has 4 heteroatoms. The molecule has 3 rings (SSSR count). The summed E-state index contributed by atoms with van der Waals surface area (Å²) < 4.78 is 2.01. The fourth-order valence-electron chi connectivity index (χ4n) is 2.70. The van der Waals surface area contributed by atoms with E-state index in [2.05, 4.69) is 24.1 Å². The van der Waals surface area contributed by atoms with Crippen molar-refractivity contribution in [2.24, 2.45) is 0 Å². The highest BCUT2D eigenvalue weighted by molar-refractivity contribution is 5.81. The summed E-state index contributed by atoms with van der Waals surface area (Å²) in [5, 5.41) is 2.98. The zero-order valence-corrected chi connectivity index (χ0v) is 13.5. The van der Waals surface area contributed by atoms with Crippen LogP contribution >= 0.6 is 0 Å². The van der Waals surface area contributed by atoms with E-state index >= 15 is 0 Å². The van der Waals surface area contributed by atoms with Gasteiger partial charge in [-0.15, -0.1) is 0 Å². The van der Waals surface area contributed by atoms with Crippen LogP contribution in [-0.4, -0.2) is 15.5 Å². The van der Waals surface area contributed by atoms with Crippen molar-refractivity contribution >= 4 is 16.9 Å². The highest BCUT2D eigenvalue weighted by Crippen LogP contribution is 2.21. The summed E-state index contributed by atoms with van der Waals surface area (Å²) in [6.45, 7) is 5.03. The molecule has 0 saturated carbocycles. The Morgan fingerprint density at radius 3 is 2.52 bits per heavy atom. The highest BCUT2D eigenvalue weighted by Gasteiger charge is 2.15. The van der Waals surface area contributed by atoms with E-state index in [1.807, 2.05) is 59.2 Å². The number of hydrogen-bond donors (Lipinski definition) is 1. The number of carbonyl (C=O) groups excluding carboxylic acids is 1. The fraction of sp³-hybridized carbons (Fsp3) is 0.263. The van der Waals surface area contributed by atoms with Crippen molar-refractivity contribution in [3.05, 3.63) is 66.0 Å². The van der Waals surface area contributed by atoms with Gasteiger partial charge in [-0.25, -0.2) is 4.98 Å². The summed E-state index contributed by atoms with van der Waals surface area (Å²) in [5.74, 6) is 1.21. The predicted molar refractivity (Wildman–Crippen MR) is 92.1 cm³/mol. The van der Waals surface area contributed by atoms with E-state index in [9.17, 15) is 4.79 Å². The normalized spacial score (nSPS) is 11.1. The number of fused-ring (bicyclic) bond motifs is 1. The number of benzene rings is 2. The van der Waals surface area contributed by atoms with Crippen molar-refractivity contribution in [3.63, 3.8) is 0 Å². The third kappa shape index (κ3) is 3.42. The van der Waals surface area contributed by atoms with E-state index in [1.54, 1.807) is 0 Å². The average Bonchev–Trinajstić information content (AvgIpc) is 2.93. The largest absolute Gasteiger partial charge is 0.350 e. The maximum atomic E-state index is 12.3. The zero-order chi connectivity index (χ0) is 16.2. The maximum Gasteiger partial charge on any atom is 0.240 e. The molecule has 0 fully saturated rings. The number of nitrogens with one attached hydrogen (secondary N) is 1. The molecule has 0 aliphatic rings. The molecule has 0 aliphatic heterocycles. The molecule has 0 radical (unpaired) electrons. The van der Waals surface area contributed by atoms with Gasteiger partial charge < -0.3 is 9.88 Å². The first-order valence-corrected chi connectivity index (χ1v) is 7.91. The Morgan fingerprint density at radius 1 is 1.09 bits per heavy atom. The molecule has 118 valence electrons. The molecular weight excluding hydrogens is 286 g/mol. The van der Waals surface area contributed by atoms with E-state index in [4.69, 9.17) is 0 Å². The molecule has 0 atom stereocenters. The molecule has 0 unspecified atom stereocenters. The maximum absolute atomic E-state index is 12.3. The van der Waals surface area contributed by atoms with Crippen LogP contribution in [0.2, 0.25) is 0 Å². The molecule has 3 aromatic rings. The molecule has 0 saturated heterocycles. The summed E-state index contributed by atoms with van der Waals surface area (Å²) in [7, 11) is 0. The monoisotopic (exact) mass is 307 g/mol. The molecule has 1 aromatic heterocycles. The second-order valence-electron chi connectivity index (χ2n) is 5.96. The number of rotatable bonds is 5. The Hall–Kier alpha value is -2.62. The molecule has 1 amide bonds. The lowest BCUT2D eigenvalue weighted by atomic mass is 10.2. The average molecular weight is 307 g/mol. The summed E-state index contributed by atoms with van der Waals surface area (Å²) in [6.07, 6.45) is 0. The molecule has 23 heavy (non-hydrogen) atoms. The first kappa shape index (κ1) is 15.3. The van der Waals surface area contributed by atoms with Gasteiger partial charge in [0.2, 0.25) is 5.91 Å². The van der Waals surface area contributed by atoms with Gasteiger partial charge in [0, 0.05) is 12.5 Å². The number of amides is 1. The molecule has 1 N–H and O–H groups in total. The standard InChI is InChI=1S/C19H21N3O/c1-14(2)19-21-16-10-6-7-11-17(16)22(19)13-18(23)20-12-15-8-4-3-5-9-15/h3-11,14H,12-13H2,1-2H3,(H,20,23). The van der Waals surface area contributed by atoms with E-state index in [0.29, 0.717) is 13.1 Å². The van der Waals surface area contributed by atoms with Gasteiger partial charge >= 0.3 is 0 Å². The zero-order valence-electron chi connectivity index (χ0n) is 13.5. The van der Waals surface area contributed by atoms with E-state index < -0.39 is 0 Å². The van der Waals surface area contributed by atoms with Crippen molar-refractivity contribution in [2.75, 3.05) is 0 Å². The van der Waals surface area contributed by atoms with Crippen LogP contribution in [0.25, 0.3) is 11.0 Å².